The molecule has 0 aromatic carbocycles. The highest BCUT2D eigenvalue weighted by Gasteiger charge is 2.38. The highest BCUT2D eigenvalue weighted by molar-refractivity contribution is 5.93. The van der Waals surface area contributed by atoms with Gasteiger partial charge in [0, 0.05) is 37.7 Å². The topological polar surface area (TPSA) is 97.1 Å². The number of fused-ring (bicyclic) bond motifs is 1. The lowest BCUT2D eigenvalue weighted by Gasteiger charge is -2.17. The fraction of sp³-hybridized carbons (Fsp3) is 0.538. The Morgan fingerprint density at radius 1 is 1.42 bits per heavy atom. The molecule has 2 aromatic rings. The van der Waals surface area contributed by atoms with Crippen molar-refractivity contribution < 1.29 is 27.2 Å². The summed E-state index contributed by atoms with van der Waals surface area (Å²) in [6.07, 6.45) is -3.99. The second kappa shape index (κ2) is 6.23. The zero-order valence-corrected chi connectivity index (χ0v) is 12.7. The first-order valence-corrected chi connectivity index (χ1v) is 7.15. The van der Waals surface area contributed by atoms with Crippen LogP contribution >= 0.6 is 0 Å². The minimum Gasteiger partial charge on any atom is -0.376 e. The van der Waals surface area contributed by atoms with E-state index in [4.69, 9.17) is 4.74 Å². The van der Waals surface area contributed by atoms with Crippen LogP contribution in [0.2, 0.25) is 0 Å². The molecule has 1 aliphatic rings. The molecule has 1 N–H and O–H groups in total. The van der Waals surface area contributed by atoms with Crippen molar-refractivity contribution >= 4 is 5.91 Å². The van der Waals surface area contributed by atoms with Crippen LogP contribution in [0.15, 0.2) is 4.52 Å². The minimum absolute atomic E-state index is 0.0327. The fourth-order valence-corrected chi connectivity index (χ4v) is 2.31. The standard InChI is InChI=1S/C13H14F3N5O3/c1-21(4-2-9-17-12(24-20-9)13(14,15)16)11(22)10-7-6-23-5-3-8(7)18-19-10/h2-6H2,1H3,(H,18,19). The van der Waals surface area contributed by atoms with Crippen molar-refractivity contribution in [3.8, 4) is 0 Å². The monoisotopic (exact) mass is 345 g/mol. The van der Waals surface area contributed by atoms with Gasteiger partial charge in [0.05, 0.1) is 13.2 Å². The van der Waals surface area contributed by atoms with Crippen LogP contribution in [0, 0.1) is 0 Å². The highest BCUT2D eigenvalue weighted by atomic mass is 19.4. The summed E-state index contributed by atoms with van der Waals surface area (Å²) < 4.78 is 46.6. The molecule has 24 heavy (non-hydrogen) atoms. The number of nitrogens with zero attached hydrogens (tertiary/aromatic N) is 4. The molecule has 0 spiro atoms. The number of hydrogen-bond acceptors (Lipinski definition) is 6. The van der Waals surface area contributed by atoms with E-state index >= 15 is 0 Å². The molecule has 3 rings (SSSR count). The van der Waals surface area contributed by atoms with Gasteiger partial charge in [0.15, 0.2) is 11.5 Å². The van der Waals surface area contributed by atoms with Gasteiger partial charge < -0.3 is 14.2 Å². The Morgan fingerprint density at radius 2 is 2.21 bits per heavy atom. The van der Waals surface area contributed by atoms with Gasteiger partial charge >= 0.3 is 12.1 Å². The number of aromatic nitrogens is 4. The van der Waals surface area contributed by atoms with Crippen LogP contribution in [0.3, 0.4) is 0 Å². The molecule has 0 radical (unpaired) electrons. The van der Waals surface area contributed by atoms with E-state index in [1.165, 1.54) is 11.9 Å². The first-order chi connectivity index (χ1) is 11.4. The summed E-state index contributed by atoms with van der Waals surface area (Å²) >= 11 is 0. The molecule has 11 heteroatoms. The van der Waals surface area contributed by atoms with Crippen LogP contribution in [0.4, 0.5) is 13.2 Å². The predicted molar refractivity (Wildman–Crippen MR) is 71.9 cm³/mol. The Labute approximate surface area is 134 Å². The van der Waals surface area contributed by atoms with Crippen molar-refractivity contribution in [2.24, 2.45) is 0 Å². The summed E-state index contributed by atoms with van der Waals surface area (Å²) in [4.78, 5) is 17.0. The van der Waals surface area contributed by atoms with Crippen molar-refractivity contribution in [2.75, 3.05) is 20.2 Å². The normalized spacial score (nSPS) is 14.5. The second-order valence-electron chi connectivity index (χ2n) is 5.32. The molecule has 0 fully saturated rings. The summed E-state index contributed by atoms with van der Waals surface area (Å²) in [5.41, 5.74) is 1.85. The average molecular weight is 345 g/mol. The summed E-state index contributed by atoms with van der Waals surface area (Å²) in [5.74, 6) is -1.86. The fourth-order valence-electron chi connectivity index (χ4n) is 2.31. The Morgan fingerprint density at radius 3 is 2.92 bits per heavy atom. The Bertz CT molecular complexity index is 740. The lowest BCUT2D eigenvalue weighted by molar-refractivity contribution is -0.159. The van der Waals surface area contributed by atoms with Gasteiger partial charge in [-0.25, -0.2) is 0 Å². The third kappa shape index (κ3) is 3.25. The van der Waals surface area contributed by atoms with Crippen LogP contribution < -0.4 is 0 Å². The smallest absolute Gasteiger partial charge is 0.376 e. The predicted octanol–water partition coefficient (Wildman–Crippen LogP) is 1.20. The zero-order chi connectivity index (χ0) is 17.3. The average Bonchev–Trinajstić information content (AvgIpc) is 3.18. The molecular formula is C13H14F3N5O3. The molecule has 0 atom stereocenters. The van der Waals surface area contributed by atoms with E-state index in [0.717, 1.165) is 11.3 Å². The number of alkyl halides is 3. The molecule has 2 aromatic heterocycles. The van der Waals surface area contributed by atoms with Gasteiger partial charge in [-0.2, -0.15) is 23.3 Å². The van der Waals surface area contributed by atoms with Crippen LogP contribution in [0.1, 0.15) is 33.5 Å². The van der Waals surface area contributed by atoms with Crippen LogP contribution in [-0.2, 0) is 30.4 Å². The summed E-state index contributed by atoms with van der Waals surface area (Å²) in [6, 6.07) is 0. The van der Waals surface area contributed by atoms with Gasteiger partial charge in [-0.15, -0.1) is 0 Å². The third-order valence-electron chi connectivity index (χ3n) is 3.63. The molecule has 0 saturated carbocycles. The molecule has 0 saturated heterocycles. The number of carbonyl (C=O) groups is 1. The Balaban J connectivity index is 1.63. The lowest BCUT2D eigenvalue weighted by atomic mass is 10.1. The summed E-state index contributed by atoms with van der Waals surface area (Å²) in [6.45, 7) is 0.997. The number of nitrogens with one attached hydrogen (secondary N) is 1. The number of rotatable bonds is 4. The van der Waals surface area contributed by atoms with E-state index in [-0.39, 0.29) is 30.4 Å². The van der Waals surface area contributed by atoms with Crippen LogP contribution in [0.25, 0.3) is 0 Å². The molecule has 1 amide bonds. The lowest BCUT2D eigenvalue weighted by Crippen LogP contribution is -2.30. The maximum atomic E-state index is 12.4. The number of carbonyl (C=O) groups excluding carboxylic acids is 1. The van der Waals surface area contributed by atoms with Gasteiger partial charge in [-0.3, -0.25) is 9.89 Å². The highest BCUT2D eigenvalue weighted by Crippen LogP contribution is 2.27. The largest absolute Gasteiger partial charge is 0.471 e. The third-order valence-corrected chi connectivity index (χ3v) is 3.63. The molecule has 3 heterocycles. The molecule has 0 unspecified atom stereocenters. The number of ether oxygens (including phenoxy) is 1. The van der Waals surface area contributed by atoms with Crippen LogP contribution in [-0.4, -0.2) is 51.3 Å². The van der Waals surface area contributed by atoms with Gasteiger partial charge in [0.2, 0.25) is 0 Å². The Kier molecular flexibility index (Phi) is 4.26. The second-order valence-corrected chi connectivity index (χ2v) is 5.32. The van der Waals surface area contributed by atoms with E-state index in [1.54, 1.807) is 0 Å². The van der Waals surface area contributed by atoms with Crippen LogP contribution in [0.5, 0.6) is 0 Å². The number of hydrogen-bond donors (Lipinski definition) is 1. The maximum absolute atomic E-state index is 12.4. The van der Waals surface area contributed by atoms with E-state index in [9.17, 15) is 18.0 Å². The quantitative estimate of drug-likeness (QED) is 0.894. The first-order valence-electron chi connectivity index (χ1n) is 7.15. The zero-order valence-electron chi connectivity index (χ0n) is 12.7. The van der Waals surface area contributed by atoms with Gasteiger partial charge in [-0.05, 0) is 0 Å². The van der Waals surface area contributed by atoms with E-state index < -0.39 is 12.1 Å². The molecule has 0 bridgehead atoms. The van der Waals surface area contributed by atoms with Gasteiger partial charge in [0.1, 0.15) is 0 Å². The first kappa shape index (κ1) is 16.4. The van der Waals surface area contributed by atoms with Crippen molar-refractivity contribution in [1.29, 1.82) is 0 Å². The summed E-state index contributed by atoms with van der Waals surface area (Å²) in [7, 11) is 1.53. The van der Waals surface area contributed by atoms with Crippen molar-refractivity contribution in [2.45, 2.75) is 25.6 Å². The molecule has 130 valence electrons. The molecule has 1 aliphatic heterocycles. The minimum atomic E-state index is -4.68. The van der Waals surface area contributed by atoms with Crippen molar-refractivity contribution in [3.05, 3.63) is 28.7 Å². The number of amides is 1. The molecule has 8 nitrogen and oxygen atoms in total. The van der Waals surface area contributed by atoms with E-state index in [0.29, 0.717) is 19.6 Å². The van der Waals surface area contributed by atoms with Gasteiger partial charge in [0.25, 0.3) is 5.91 Å². The SMILES string of the molecule is CN(CCc1noc(C(F)(F)F)n1)C(=O)c1n[nH]c2c1COCC2. The van der Waals surface area contributed by atoms with Gasteiger partial charge in [-0.1, -0.05) is 5.16 Å². The molecular weight excluding hydrogens is 331 g/mol. The Hall–Kier alpha value is -2.43. The van der Waals surface area contributed by atoms with E-state index in [1.807, 2.05) is 0 Å². The number of H-pyrrole nitrogens is 1. The maximum Gasteiger partial charge on any atom is 0.471 e. The number of aromatic amines is 1. The number of halogens is 3. The summed E-state index contributed by atoms with van der Waals surface area (Å²) in [5, 5.41) is 10.1. The van der Waals surface area contributed by atoms with Crippen molar-refractivity contribution in [1.82, 2.24) is 25.2 Å². The number of likely N-dealkylation sites (N-methyl/N-ethyl adjacent to an activating group) is 1. The van der Waals surface area contributed by atoms with Crippen molar-refractivity contribution in [3.63, 3.8) is 0 Å². The van der Waals surface area contributed by atoms with E-state index in [2.05, 4.69) is 24.9 Å². The molecule has 0 aliphatic carbocycles.